The van der Waals surface area contributed by atoms with Gasteiger partial charge < -0.3 is 10.2 Å². The maximum Gasteiger partial charge on any atom is 0.0473 e. The van der Waals surface area contributed by atoms with Crippen molar-refractivity contribution in [3.63, 3.8) is 0 Å². The van der Waals surface area contributed by atoms with Gasteiger partial charge in [-0.3, -0.25) is 0 Å². The van der Waals surface area contributed by atoms with Gasteiger partial charge in [0.05, 0.1) is 0 Å². The zero-order valence-corrected chi connectivity index (χ0v) is 11.5. The van der Waals surface area contributed by atoms with Crippen molar-refractivity contribution in [2.24, 2.45) is 0 Å². The number of rotatable bonds is 1. The Labute approximate surface area is 105 Å². The molecule has 94 valence electrons. The van der Waals surface area contributed by atoms with Crippen LogP contribution in [-0.2, 0) is 0 Å². The first-order valence-electron chi connectivity index (χ1n) is 6.58. The number of nitrogens with one attached hydrogen (secondary N) is 1. The van der Waals surface area contributed by atoms with Gasteiger partial charge in [-0.2, -0.15) is 0 Å². The fourth-order valence-corrected chi connectivity index (χ4v) is 2.91. The summed E-state index contributed by atoms with van der Waals surface area (Å²) in [6.45, 7) is 11.4. The van der Waals surface area contributed by atoms with E-state index in [0.29, 0.717) is 6.04 Å². The molecule has 2 nitrogen and oxygen atoms in total. The predicted octanol–water partition coefficient (Wildman–Crippen LogP) is 2.96. The fourth-order valence-electron chi connectivity index (χ4n) is 2.91. The van der Waals surface area contributed by atoms with E-state index < -0.39 is 0 Å². The number of benzene rings is 1. The van der Waals surface area contributed by atoms with Crippen molar-refractivity contribution in [3.8, 4) is 0 Å². The van der Waals surface area contributed by atoms with Gasteiger partial charge in [0.1, 0.15) is 0 Å². The van der Waals surface area contributed by atoms with Crippen molar-refractivity contribution in [1.29, 1.82) is 0 Å². The average molecular weight is 232 g/mol. The number of hydrogen-bond donors (Lipinski definition) is 1. The number of hydrogen-bond acceptors (Lipinski definition) is 2. The Kier molecular flexibility index (Phi) is 3.43. The zero-order valence-electron chi connectivity index (χ0n) is 11.5. The number of para-hydroxylation sites is 1. The van der Waals surface area contributed by atoms with Gasteiger partial charge >= 0.3 is 0 Å². The Morgan fingerprint density at radius 1 is 1.29 bits per heavy atom. The van der Waals surface area contributed by atoms with Gasteiger partial charge in [0, 0.05) is 23.8 Å². The van der Waals surface area contributed by atoms with Crippen LogP contribution >= 0.6 is 0 Å². The van der Waals surface area contributed by atoms with Crippen LogP contribution in [-0.4, -0.2) is 24.7 Å². The Morgan fingerprint density at radius 3 is 2.71 bits per heavy atom. The molecule has 1 aliphatic rings. The fraction of sp³-hybridized carbons (Fsp3) is 0.600. The van der Waals surface area contributed by atoms with Crippen molar-refractivity contribution < 1.29 is 0 Å². The molecule has 0 amide bonds. The van der Waals surface area contributed by atoms with E-state index in [9.17, 15) is 0 Å². The third-order valence-electron chi connectivity index (χ3n) is 3.76. The monoisotopic (exact) mass is 232 g/mol. The van der Waals surface area contributed by atoms with Gasteiger partial charge in [-0.25, -0.2) is 0 Å². The van der Waals surface area contributed by atoms with Gasteiger partial charge in [-0.05, 0) is 52.3 Å². The van der Waals surface area contributed by atoms with E-state index in [0.717, 1.165) is 13.1 Å². The summed E-state index contributed by atoms with van der Waals surface area (Å²) >= 11 is 0. The summed E-state index contributed by atoms with van der Waals surface area (Å²) in [6.07, 6.45) is 1.21. The summed E-state index contributed by atoms with van der Waals surface area (Å²) in [5.41, 5.74) is 2.92. The quantitative estimate of drug-likeness (QED) is 0.801. The minimum atomic E-state index is 0.169. The molecule has 2 heteroatoms. The smallest absolute Gasteiger partial charge is 0.0473 e. The normalized spacial score (nSPS) is 24.5. The molecule has 1 aromatic rings. The molecule has 0 radical (unpaired) electrons. The van der Waals surface area contributed by atoms with Gasteiger partial charge in [-0.15, -0.1) is 0 Å². The maximum atomic E-state index is 3.55. The van der Waals surface area contributed by atoms with E-state index in [1.807, 2.05) is 0 Å². The molecule has 0 aliphatic carbocycles. The zero-order chi connectivity index (χ0) is 12.5. The molecule has 1 atom stereocenters. The highest BCUT2D eigenvalue weighted by atomic mass is 15.3. The second-order valence-electron chi connectivity index (χ2n) is 5.78. The lowest BCUT2D eigenvalue weighted by molar-refractivity contribution is 0.432. The van der Waals surface area contributed by atoms with Crippen LogP contribution in [0.3, 0.4) is 0 Å². The highest BCUT2D eigenvalue weighted by Gasteiger charge is 2.33. The molecule has 0 spiro atoms. The standard InChI is InChI=1S/C15H24N2/c1-12-7-5-6-8-14(12)17-13(2)9-10-16-11-15(17,3)4/h5-8,13,16H,9-11H2,1-4H3. The van der Waals surface area contributed by atoms with Crippen molar-refractivity contribution in [2.45, 2.75) is 45.7 Å². The summed E-state index contributed by atoms with van der Waals surface area (Å²) in [4.78, 5) is 2.59. The highest BCUT2D eigenvalue weighted by molar-refractivity contribution is 5.56. The van der Waals surface area contributed by atoms with Crippen LogP contribution in [0.25, 0.3) is 0 Å². The van der Waals surface area contributed by atoms with Gasteiger partial charge in [-0.1, -0.05) is 18.2 Å². The molecule has 0 bridgehead atoms. The lowest BCUT2D eigenvalue weighted by Gasteiger charge is -2.43. The molecule has 1 aromatic carbocycles. The predicted molar refractivity (Wildman–Crippen MR) is 74.7 cm³/mol. The first-order valence-corrected chi connectivity index (χ1v) is 6.58. The Bertz CT molecular complexity index is 384. The molecule has 0 aromatic heterocycles. The molecular formula is C15H24N2. The maximum absolute atomic E-state index is 3.55. The van der Waals surface area contributed by atoms with Crippen LogP contribution in [0, 0.1) is 6.92 Å². The summed E-state index contributed by atoms with van der Waals surface area (Å²) in [7, 11) is 0. The number of aryl methyl sites for hydroxylation is 1. The second kappa shape index (κ2) is 4.69. The van der Waals surface area contributed by atoms with Crippen molar-refractivity contribution in [1.82, 2.24) is 5.32 Å². The van der Waals surface area contributed by atoms with Crippen LogP contribution in [0.1, 0.15) is 32.8 Å². The van der Waals surface area contributed by atoms with Gasteiger partial charge in [0.25, 0.3) is 0 Å². The minimum absolute atomic E-state index is 0.169. The largest absolute Gasteiger partial charge is 0.362 e. The summed E-state index contributed by atoms with van der Waals surface area (Å²) in [6, 6.07) is 9.30. The third kappa shape index (κ3) is 2.47. The molecule has 1 fully saturated rings. The van der Waals surface area contributed by atoms with Gasteiger partial charge in [0.2, 0.25) is 0 Å². The van der Waals surface area contributed by atoms with E-state index in [-0.39, 0.29) is 5.54 Å². The molecule has 0 saturated carbocycles. The number of nitrogens with zero attached hydrogens (tertiary/aromatic N) is 1. The summed E-state index contributed by atoms with van der Waals surface area (Å²) in [5, 5.41) is 3.55. The minimum Gasteiger partial charge on any atom is -0.362 e. The lowest BCUT2D eigenvalue weighted by atomic mass is 9.98. The molecule has 2 rings (SSSR count). The molecule has 1 aliphatic heterocycles. The highest BCUT2D eigenvalue weighted by Crippen LogP contribution is 2.31. The Hall–Kier alpha value is -1.02. The van der Waals surface area contributed by atoms with E-state index in [1.54, 1.807) is 0 Å². The second-order valence-corrected chi connectivity index (χ2v) is 5.78. The van der Waals surface area contributed by atoms with Crippen molar-refractivity contribution in [2.75, 3.05) is 18.0 Å². The lowest BCUT2D eigenvalue weighted by Crippen LogP contribution is -2.52. The molecule has 1 N–H and O–H groups in total. The summed E-state index contributed by atoms with van der Waals surface area (Å²) in [5.74, 6) is 0. The third-order valence-corrected chi connectivity index (χ3v) is 3.76. The van der Waals surface area contributed by atoms with Gasteiger partial charge in [0.15, 0.2) is 0 Å². The van der Waals surface area contributed by atoms with Crippen molar-refractivity contribution in [3.05, 3.63) is 29.8 Å². The van der Waals surface area contributed by atoms with Crippen LogP contribution in [0.4, 0.5) is 5.69 Å². The van der Waals surface area contributed by atoms with Crippen LogP contribution in [0.5, 0.6) is 0 Å². The molecule has 1 unspecified atom stereocenters. The molecule has 1 heterocycles. The molecular weight excluding hydrogens is 208 g/mol. The molecule has 17 heavy (non-hydrogen) atoms. The first-order chi connectivity index (χ1) is 8.02. The van der Waals surface area contributed by atoms with E-state index >= 15 is 0 Å². The molecule has 1 saturated heterocycles. The van der Waals surface area contributed by atoms with E-state index in [1.165, 1.54) is 17.7 Å². The van der Waals surface area contributed by atoms with Crippen LogP contribution in [0.2, 0.25) is 0 Å². The number of anilines is 1. The first kappa shape index (κ1) is 12.4. The van der Waals surface area contributed by atoms with Crippen LogP contribution in [0.15, 0.2) is 24.3 Å². The van der Waals surface area contributed by atoms with E-state index in [2.05, 4.69) is 62.2 Å². The Morgan fingerprint density at radius 2 is 2.00 bits per heavy atom. The Balaban J connectivity index is 2.42. The topological polar surface area (TPSA) is 15.3 Å². The van der Waals surface area contributed by atoms with E-state index in [4.69, 9.17) is 0 Å². The SMILES string of the molecule is Cc1ccccc1N1C(C)CCNCC1(C)C. The van der Waals surface area contributed by atoms with Crippen molar-refractivity contribution >= 4 is 5.69 Å². The average Bonchev–Trinajstić information content (AvgIpc) is 2.39. The summed E-state index contributed by atoms with van der Waals surface area (Å²) < 4.78 is 0. The van der Waals surface area contributed by atoms with Crippen LogP contribution < -0.4 is 10.2 Å².